The van der Waals surface area contributed by atoms with Crippen LogP contribution >= 0.6 is 11.8 Å². The molecule has 0 spiro atoms. The van der Waals surface area contributed by atoms with E-state index in [9.17, 15) is 14.7 Å². The Morgan fingerprint density at radius 1 is 1.24 bits per heavy atom. The number of benzene rings is 2. The van der Waals surface area contributed by atoms with Crippen LogP contribution < -0.4 is 15.5 Å². The lowest BCUT2D eigenvalue weighted by Gasteiger charge is -2.16. The minimum atomic E-state index is -0.314. The molecule has 29 heavy (non-hydrogen) atoms. The molecule has 0 bridgehead atoms. The summed E-state index contributed by atoms with van der Waals surface area (Å²) in [6.45, 7) is -0.301. The van der Waals surface area contributed by atoms with Gasteiger partial charge < -0.3 is 19.6 Å². The van der Waals surface area contributed by atoms with Crippen LogP contribution in [0, 0.1) is 0 Å². The van der Waals surface area contributed by atoms with Crippen LogP contribution in [0.1, 0.15) is 6.42 Å². The molecule has 0 fully saturated rings. The molecule has 152 valence electrons. The van der Waals surface area contributed by atoms with Crippen molar-refractivity contribution in [2.75, 3.05) is 25.2 Å². The molecule has 0 aliphatic heterocycles. The second-order valence-electron chi connectivity index (χ2n) is 6.52. The SMILES string of the molecule is CSCC[C@@H](CO)NC(=O)COc1ccc2c(=O)c(-c3ccccc3)coc2c1. The zero-order chi connectivity index (χ0) is 20.6. The predicted octanol–water partition coefficient (Wildman–Crippen LogP) is 3.07. The van der Waals surface area contributed by atoms with Gasteiger partial charge in [-0.15, -0.1) is 0 Å². The van der Waals surface area contributed by atoms with Crippen molar-refractivity contribution in [1.82, 2.24) is 5.32 Å². The summed E-state index contributed by atoms with van der Waals surface area (Å²) in [5.74, 6) is 0.958. The van der Waals surface area contributed by atoms with Crippen LogP contribution in [0.3, 0.4) is 0 Å². The van der Waals surface area contributed by atoms with E-state index in [1.165, 1.54) is 6.26 Å². The van der Waals surface area contributed by atoms with E-state index in [0.29, 0.717) is 28.7 Å². The Bertz CT molecular complexity index is 1020. The number of ether oxygens (including phenoxy) is 1. The molecule has 0 saturated carbocycles. The number of aliphatic hydroxyl groups is 1. The van der Waals surface area contributed by atoms with Gasteiger partial charge >= 0.3 is 0 Å². The fraction of sp³-hybridized carbons (Fsp3) is 0.273. The van der Waals surface area contributed by atoms with E-state index < -0.39 is 0 Å². The standard InChI is InChI=1S/C22H23NO5S/c1-29-10-9-16(12-24)23-21(25)14-27-17-7-8-18-20(11-17)28-13-19(22(18)26)15-5-3-2-4-6-15/h2-8,11,13,16,24H,9-10,12,14H2,1H3,(H,23,25)/t16-/m0/s1. The molecular weight excluding hydrogens is 390 g/mol. The quantitative estimate of drug-likeness (QED) is 0.561. The molecule has 0 radical (unpaired) electrons. The van der Waals surface area contributed by atoms with Crippen LogP contribution in [-0.2, 0) is 4.79 Å². The first-order valence-electron chi connectivity index (χ1n) is 9.25. The summed E-state index contributed by atoms with van der Waals surface area (Å²) in [5, 5.41) is 12.5. The van der Waals surface area contributed by atoms with Crippen LogP contribution in [0.5, 0.6) is 5.75 Å². The molecule has 0 saturated heterocycles. The molecule has 6 nitrogen and oxygen atoms in total. The van der Waals surface area contributed by atoms with E-state index in [1.54, 1.807) is 30.0 Å². The monoisotopic (exact) mass is 413 g/mol. The third kappa shape index (κ3) is 5.40. The molecule has 1 heterocycles. The molecule has 3 rings (SSSR count). The normalized spacial score (nSPS) is 11.9. The summed E-state index contributed by atoms with van der Waals surface area (Å²) < 4.78 is 11.2. The van der Waals surface area contributed by atoms with Gasteiger partial charge in [-0.3, -0.25) is 9.59 Å². The maximum Gasteiger partial charge on any atom is 0.258 e. The number of carbonyl (C=O) groups excluding carboxylic acids is 1. The van der Waals surface area contributed by atoms with E-state index in [4.69, 9.17) is 9.15 Å². The first-order chi connectivity index (χ1) is 14.1. The topological polar surface area (TPSA) is 88.8 Å². The second kappa shape index (κ2) is 10.1. The molecule has 2 N–H and O–H groups in total. The maximum absolute atomic E-state index is 12.8. The highest BCUT2D eigenvalue weighted by Crippen LogP contribution is 2.23. The summed E-state index contributed by atoms with van der Waals surface area (Å²) in [7, 11) is 0. The van der Waals surface area contributed by atoms with Crippen molar-refractivity contribution in [3.63, 3.8) is 0 Å². The molecule has 3 aromatic rings. The van der Waals surface area contributed by atoms with Crippen LogP contribution in [0.15, 0.2) is 64.0 Å². The minimum absolute atomic E-state index is 0.114. The first-order valence-corrected chi connectivity index (χ1v) is 10.6. The van der Waals surface area contributed by atoms with Gasteiger partial charge in [0, 0.05) is 6.07 Å². The Kier molecular flexibility index (Phi) is 7.32. The van der Waals surface area contributed by atoms with Gasteiger partial charge in [0.2, 0.25) is 0 Å². The van der Waals surface area contributed by atoms with E-state index in [1.807, 2.05) is 36.6 Å². The van der Waals surface area contributed by atoms with Crippen LogP contribution in [0.4, 0.5) is 0 Å². The van der Waals surface area contributed by atoms with Crippen molar-refractivity contribution in [3.8, 4) is 16.9 Å². The number of amides is 1. The van der Waals surface area contributed by atoms with Crippen LogP contribution in [0.2, 0.25) is 0 Å². The number of hydrogen-bond donors (Lipinski definition) is 2. The fourth-order valence-corrected chi connectivity index (χ4v) is 3.42. The van der Waals surface area contributed by atoms with Crippen molar-refractivity contribution in [2.24, 2.45) is 0 Å². The number of aliphatic hydroxyl groups excluding tert-OH is 1. The molecule has 0 unspecified atom stereocenters. The number of thioether (sulfide) groups is 1. The van der Waals surface area contributed by atoms with Crippen LogP contribution in [0.25, 0.3) is 22.1 Å². The molecule has 0 aliphatic rings. The molecule has 7 heteroatoms. The smallest absolute Gasteiger partial charge is 0.258 e. The molecule has 0 aliphatic carbocycles. The zero-order valence-corrected chi connectivity index (χ0v) is 16.9. The number of rotatable bonds is 9. The van der Waals surface area contributed by atoms with Crippen molar-refractivity contribution < 1.29 is 19.1 Å². The van der Waals surface area contributed by atoms with E-state index in [2.05, 4.69) is 5.32 Å². The second-order valence-corrected chi connectivity index (χ2v) is 7.51. The van der Waals surface area contributed by atoms with Gasteiger partial charge in [0.1, 0.15) is 17.6 Å². The fourth-order valence-electron chi connectivity index (χ4n) is 2.90. The highest BCUT2D eigenvalue weighted by atomic mass is 32.2. The lowest BCUT2D eigenvalue weighted by Crippen LogP contribution is -2.40. The first kappa shape index (κ1) is 21.0. The highest BCUT2D eigenvalue weighted by molar-refractivity contribution is 7.98. The van der Waals surface area contributed by atoms with Gasteiger partial charge in [0.15, 0.2) is 12.0 Å². The summed E-state index contributed by atoms with van der Waals surface area (Å²) >= 11 is 1.65. The Labute approximate surface area is 172 Å². The van der Waals surface area contributed by atoms with Crippen molar-refractivity contribution in [3.05, 3.63) is 65.0 Å². The highest BCUT2D eigenvalue weighted by Gasteiger charge is 2.13. The Morgan fingerprint density at radius 3 is 2.76 bits per heavy atom. The van der Waals surface area contributed by atoms with E-state index in [0.717, 1.165) is 11.3 Å². The van der Waals surface area contributed by atoms with Gasteiger partial charge in [-0.05, 0) is 36.1 Å². The molecule has 1 aromatic heterocycles. The molecule has 2 aromatic carbocycles. The van der Waals surface area contributed by atoms with Gasteiger partial charge in [-0.25, -0.2) is 0 Å². The third-order valence-electron chi connectivity index (χ3n) is 4.46. The average Bonchev–Trinajstić information content (AvgIpc) is 2.76. The van der Waals surface area contributed by atoms with Gasteiger partial charge in [-0.2, -0.15) is 11.8 Å². The number of fused-ring (bicyclic) bond motifs is 1. The predicted molar refractivity (Wildman–Crippen MR) is 115 cm³/mol. The largest absolute Gasteiger partial charge is 0.484 e. The van der Waals surface area contributed by atoms with E-state index in [-0.39, 0.29) is 30.6 Å². The summed E-state index contributed by atoms with van der Waals surface area (Å²) in [6, 6.07) is 13.9. The van der Waals surface area contributed by atoms with Gasteiger partial charge in [-0.1, -0.05) is 30.3 Å². The maximum atomic E-state index is 12.8. The van der Waals surface area contributed by atoms with Gasteiger partial charge in [0.25, 0.3) is 5.91 Å². The van der Waals surface area contributed by atoms with E-state index >= 15 is 0 Å². The zero-order valence-electron chi connectivity index (χ0n) is 16.1. The summed E-state index contributed by atoms with van der Waals surface area (Å²) in [4.78, 5) is 24.8. The van der Waals surface area contributed by atoms with Crippen molar-refractivity contribution in [1.29, 1.82) is 0 Å². The van der Waals surface area contributed by atoms with Crippen LogP contribution in [-0.4, -0.2) is 42.3 Å². The Morgan fingerprint density at radius 2 is 2.03 bits per heavy atom. The van der Waals surface area contributed by atoms with Gasteiger partial charge in [0.05, 0.1) is 23.6 Å². The molecule has 1 amide bonds. The minimum Gasteiger partial charge on any atom is -0.484 e. The van der Waals surface area contributed by atoms with Crippen molar-refractivity contribution in [2.45, 2.75) is 12.5 Å². The third-order valence-corrected chi connectivity index (χ3v) is 5.10. The number of hydrogen-bond acceptors (Lipinski definition) is 6. The lowest BCUT2D eigenvalue weighted by molar-refractivity contribution is -0.124. The number of nitrogens with one attached hydrogen (secondary N) is 1. The summed E-state index contributed by atoms with van der Waals surface area (Å²) in [6.07, 6.45) is 4.10. The molecular formula is C22H23NO5S. The number of carbonyl (C=O) groups is 1. The lowest BCUT2D eigenvalue weighted by atomic mass is 10.1. The van der Waals surface area contributed by atoms with Crippen molar-refractivity contribution >= 4 is 28.6 Å². The Hall–Kier alpha value is -2.77. The Balaban J connectivity index is 1.69. The molecule has 1 atom stereocenters. The average molecular weight is 413 g/mol. The summed E-state index contributed by atoms with van der Waals surface area (Å²) in [5.41, 5.74) is 1.55.